The third kappa shape index (κ3) is 2.81. The van der Waals surface area contributed by atoms with Gasteiger partial charge in [-0.1, -0.05) is 25.0 Å². The number of carbonyl (C=O) groups excluding carboxylic acids is 1. The van der Waals surface area contributed by atoms with Crippen LogP contribution in [0, 0.1) is 11.8 Å². The van der Waals surface area contributed by atoms with Crippen molar-refractivity contribution in [3.63, 3.8) is 0 Å². The number of carbonyl (C=O) groups is 1. The van der Waals surface area contributed by atoms with Crippen LogP contribution in [0.4, 0.5) is 0 Å². The second kappa shape index (κ2) is 6.75. The fourth-order valence-corrected chi connectivity index (χ4v) is 4.99. The van der Waals surface area contributed by atoms with E-state index < -0.39 is 0 Å². The van der Waals surface area contributed by atoms with Gasteiger partial charge in [-0.3, -0.25) is 4.79 Å². The number of amides is 1. The molecular weight excluding hydrogens is 302 g/mol. The Morgan fingerprint density at radius 2 is 1.83 bits per heavy atom. The van der Waals surface area contributed by atoms with Crippen LogP contribution in [0.3, 0.4) is 0 Å². The molecule has 0 bridgehead atoms. The second-order valence-electron chi connectivity index (χ2n) is 7.45. The van der Waals surface area contributed by atoms with E-state index >= 15 is 0 Å². The van der Waals surface area contributed by atoms with E-state index in [1.54, 1.807) is 7.11 Å². The summed E-state index contributed by atoms with van der Waals surface area (Å²) in [6.07, 6.45) is 6.77. The molecule has 3 aliphatic rings. The molecule has 3 fully saturated rings. The van der Waals surface area contributed by atoms with Crippen LogP contribution in [-0.2, 0) is 9.53 Å². The molecule has 1 heterocycles. The van der Waals surface area contributed by atoms with Crippen LogP contribution in [0.25, 0.3) is 0 Å². The van der Waals surface area contributed by atoms with Crippen LogP contribution in [0.1, 0.15) is 50.0 Å². The number of ether oxygens (including phenoxy) is 2. The summed E-state index contributed by atoms with van der Waals surface area (Å²) in [5, 5.41) is 3.34. The Labute approximate surface area is 143 Å². The standard InChI is InChI=1S/C20H27NO3/c1-23-14-10-8-13(9-11-14)18-15-5-2-3-6-16(15)19(18)21-20(22)17-7-4-12-24-17/h8-11,15-19H,2-7,12H2,1H3,(H,21,22)/t15?,16?,17?,18-,19-/m0/s1. The van der Waals surface area contributed by atoms with Crippen molar-refractivity contribution in [3.05, 3.63) is 29.8 Å². The summed E-state index contributed by atoms with van der Waals surface area (Å²) in [6, 6.07) is 8.66. The van der Waals surface area contributed by atoms with E-state index in [4.69, 9.17) is 9.47 Å². The van der Waals surface area contributed by atoms with Crippen molar-refractivity contribution in [3.8, 4) is 5.75 Å². The fraction of sp³-hybridized carbons (Fsp3) is 0.650. The molecule has 0 radical (unpaired) electrons. The average molecular weight is 329 g/mol. The summed E-state index contributed by atoms with van der Waals surface area (Å²) in [4.78, 5) is 12.5. The number of rotatable bonds is 4. The first-order valence-electron chi connectivity index (χ1n) is 9.34. The van der Waals surface area contributed by atoms with E-state index in [0.29, 0.717) is 17.8 Å². The number of hydrogen-bond acceptors (Lipinski definition) is 3. The molecule has 4 nitrogen and oxygen atoms in total. The number of nitrogens with one attached hydrogen (secondary N) is 1. The smallest absolute Gasteiger partial charge is 0.249 e. The van der Waals surface area contributed by atoms with Crippen LogP contribution in [0.15, 0.2) is 24.3 Å². The maximum Gasteiger partial charge on any atom is 0.249 e. The number of fused-ring (bicyclic) bond motifs is 1. The van der Waals surface area contributed by atoms with Gasteiger partial charge < -0.3 is 14.8 Å². The molecule has 2 saturated carbocycles. The first kappa shape index (κ1) is 15.9. The highest BCUT2D eigenvalue weighted by molar-refractivity contribution is 5.81. The third-order valence-electron chi connectivity index (χ3n) is 6.22. The Morgan fingerprint density at radius 1 is 1.08 bits per heavy atom. The first-order valence-corrected chi connectivity index (χ1v) is 9.34. The molecule has 0 aromatic heterocycles. The van der Waals surface area contributed by atoms with E-state index in [0.717, 1.165) is 25.2 Å². The molecular formula is C20H27NO3. The SMILES string of the molecule is COc1ccc([C@H]2C3CCCCC3[C@@H]2NC(=O)C2CCCO2)cc1. The van der Waals surface area contributed by atoms with E-state index in [-0.39, 0.29) is 18.1 Å². The van der Waals surface area contributed by atoms with Gasteiger partial charge in [0.05, 0.1) is 7.11 Å². The Morgan fingerprint density at radius 3 is 2.50 bits per heavy atom. The summed E-state index contributed by atoms with van der Waals surface area (Å²) in [6.45, 7) is 0.719. The maximum atomic E-state index is 12.5. The van der Waals surface area contributed by atoms with Gasteiger partial charge in [0.25, 0.3) is 0 Å². The minimum absolute atomic E-state index is 0.0973. The average Bonchev–Trinajstić information content (AvgIpc) is 3.15. The lowest BCUT2D eigenvalue weighted by Crippen LogP contribution is -2.60. The van der Waals surface area contributed by atoms with Crippen LogP contribution in [0.2, 0.25) is 0 Å². The molecule has 3 unspecified atom stereocenters. The topological polar surface area (TPSA) is 47.6 Å². The summed E-state index contributed by atoms with van der Waals surface area (Å²) < 4.78 is 10.8. The second-order valence-corrected chi connectivity index (χ2v) is 7.45. The highest BCUT2D eigenvalue weighted by Gasteiger charge is 2.52. The molecule has 1 N–H and O–H groups in total. The Hall–Kier alpha value is -1.55. The minimum atomic E-state index is -0.232. The predicted octanol–water partition coefficient (Wildman–Crippen LogP) is 3.26. The molecule has 1 saturated heterocycles. The van der Waals surface area contributed by atoms with Gasteiger partial charge in [-0.25, -0.2) is 0 Å². The maximum absolute atomic E-state index is 12.5. The third-order valence-corrected chi connectivity index (χ3v) is 6.22. The quantitative estimate of drug-likeness (QED) is 0.922. The van der Waals surface area contributed by atoms with Crippen molar-refractivity contribution in [1.82, 2.24) is 5.32 Å². The van der Waals surface area contributed by atoms with Gasteiger partial charge in [-0.15, -0.1) is 0 Å². The summed E-state index contributed by atoms with van der Waals surface area (Å²) >= 11 is 0. The van der Waals surface area contributed by atoms with E-state index in [1.807, 2.05) is 12.1 Å². The monoisotopic (exact) mass is 329 g/mol. The van der Waals surface area contributed by atoms with Crippen LogP contribution in [-0.4, -0.2) is 31.8 Å². The van der Waals surface area contributed by atoms with Crippen molar-refractivity contribution in [2.24, 2.45) is 11.8 Å². The Bertz CT molecular complexity index is 579. The molecule has 2 aliphatic carbocycles. The van der Waals surface area contributed by atoms with Gasteiger partial charge in [0.1, 0.15) is 11.9 Å². The Balaban J connectivity index is 1.51. The van der Waals surface area contributed by atoms with Crippen molar-refractivity contribution in [2.75, 3.05) is 13.7 Å². The van der Waals surface area contributed by atoms with Gasteiger partial charge in [-0.2, -0.15) is 0 Å². The zero-order valence-corrected chi connectivity index (χ0v) is 14.4. The molecule has 5 atom stereocenters. The van der Waals surface area contributed by atoms with E-state index in [9.17, 15) is 4.79 Å². The lowest BCUT2D eigenvalue weighted by molar-refractivity contribution is -0.133. The van der Waals surface area contributed by atoms with Crippen LogP contribution < -0.4 is 10.1 Å². The van der Waals surface area contributed by atoms with Gasteiger partial charge in [0.15, 0.2) is 0 Å². The lowest BCUT2D eigenvalue weighted by atomic mass is 9.53. The molecule has 1 aromatic rings. The molecule has 1 aromatic carbocycles. The summed E-state index contributed by atoms with van der Waals surface area (Å²) in [7, 11) is 1.69. The molecule has 0 spiro atoms. The number of benzene rings is 1. The normalized spacial score (nSPS) is 35.0. The van der Waals surface area contributed by atoms with Crippen molar-refractivity contribution in [1.29, 1.82) is 0 Å². The zero-order valence-electron chi connectivity index (χ0n) is 14.4. The largest absolute Gasteiger partial charge is 0.497 e. The zero-order chi connectivity index (χ0) is 16.5. The van der Waals surface area contributed by atoms with E-state index in [1.165, 1.54) is 31.2 Å². The Kier molecular flexibility index (Phi) is 4.49. The van der Waals surface area contributed by atoms with Gasteiger partial charge in [0.2, 0.25) is 5.91 Å². The molecule has 130 valence electrons. The molecule has 4 heteroatoms. The van der Waals surface area contributed by atoms with Gasteiger partial charge in [0, 0.05) is 18.6 Å². The highest BCUT2D eigenvalue weighted by atomic mass is 16.5. The van der Waals surface area contributed by atoms with Crippen molar-refractivity contribution < 1.29 is 14.3 Å². The number of hydrogen-bond donors (Lipinski definition) is 1. The summed E-state index contributed by atoms with van der Waals surface area (Å²) in [5.74, 6) is 2.77. The van der Waals surface area contributed by atoms with Crippen molar-refractivity contribution >= 4 is 5.91 Å². The fourth-order valence-electron chi connectivity index (χ4n) is 4.99. The van der Waals surface area contributed by atoms with Crippen LogP contribution in [0.5, 0.6) is 5.75 Å². The lowest BCUT2D eigenvalue weighted by Gasteiger charge is -2.55. The van der Waals surface area contributed by atoms with Gasteiger partial charge in [-0.05, 0) is 55.2 Å². The molecule has 1 aliphatic heterocycles. The predicted molar refractivity (Wildman–Crippen MR) is 92.1 cm³/mol. The molecule has 1 amide bonds. The van der Waals surface area contributed by atoms with Gasteiger partial charge >= 0.3 is 0 Å². The first-order chi connectivity index (χ1) is 11.8. The van der Waals surface area contributed by atoms with Crippen molar-refractivity contribution in [2.45, 2.75) is 56.6 Å². The summed E-state index contributed by atoms with van der Waals surface area (Å²) in [5.41, 5.74) is 1.33. The number of methoxy groups -OCH3 is 1. The van der Waals surface area contributed by atoms with E-state index in [2.05, 4.69) is 17.4 Å². The van der Waals surface area contributed by atoms with Crippen LogP contribution >= 0.6 is 0 Å². The molecule has 4 rings (SSSR count). The molecule has 24 heavy (non-hydrogen) atoms. The highest BCUT2D eigenvalue weighted by Crippen LogP contribution is 2.54. The minimum Gasteiger partial charge on any atom is -0.497 e.